The molecule has 0 fully saturated rings. The SMILES string of the molecule is CONC(=O)c1cc2ccccc2o1. The topological polar surface area (TPSA) is 51.5 Å². The van der Waals surface area contributed by atoms with E-state index in [-0.39, 0.29) is 11.7 Å². The summed E-state index contributed by atoms with van der Waals surface area (Å²) in [6, 6.07) is 9.09. The summed E-state index contributed by atoms with van der Waals surface area (Å²) in [5.74, 6) is -0.142. The lowest BCUT2D eigenvalue weighted by Gasteiger charge is -1.95. The summed E-state index contributed by atoms with van der Waals surface area (Å²) >= 11 is 0. The number of carbonyl (C=O) groups is 1. The number of hydrogen-bond acceptors (Lipinski definition) is 3. The number of nitrogens with one attached hydrogen (secondary N) is 1. The summed E-state index contributed by atoms with van der Waals surface area (Å²) in [5.41, 5.74) is 2.88. The zero-order valence-corrected chi connectivity index (χ0v) is 7.61. The molecule has 0 saturated carbocycles. The van der Waals surface area contributed by atoms with Crippen molar-refractivity contribution in [1.29, 1.82) is 0 Å². The van der Waals surface area contributed by atoms with Crippen LogP contribution in [0.5, 0.6) is 0 Å². The van der Waals surface area contributed by atoms with Gasteiger partial charge in [0.25, 0.3) is 0 Å². The second kappa shape index (κ2) is 3.51. The predicted molar refractivity (Wildman–Crippen MR) is 50.7 cm³/mol. The molecule has 0 bridgehead atoms. The molecule has 0 aliphatic rings. The van der Waals surface area contributed by atoms with Crippen molar-refractivity contribution >= 4 is 16.9 Å². The van der Waals surface area contributed by atoms with Crippen molar-refractivity contribution < 1.29 is 14.0 Å². The van der Waals surface area contributed by atoms with Crippen molar-refractivity contribution in [2.45, 2.75) is 0 Å². The monoisotopic (exact) mass is 191 g/mol. The largest absolute Gasteiger partial charge is 0.451 e. The first-order chi connectivity index (χ1) is 6.81. The second-order valence-corrected chi connectivity index (χ2v) is 2.78. The van der Waals surface area contributed by atoms with Crippen LogP contribution in [0, 0.1) is 0 Å². The van der Waals surface area contributed by atoms with E-state index in [9.17, 15) is 4.79 Å². The van der Waals surface area contributed by atoms with Gasteiger partial charge >= 0.3 is 5.91 Å². The molecule has 1 aromatic heterocycles. The summed E-state index contributed by atoms with van der Waals surface area (Å²) in [6.07, 6.45) is 0. The Morgan fingerprint density at radius 2 is 2.21 bits per heavy atom. The van der Waals surface area contributed by atoms with Crippen molar-refractivity contribution in [3.05, 3.63) is 36.1 Å². The normalized spacial score (nSPS) is 10.4. The minimum absolute atomic E-state index is 0.244. The van der Waals surface area contributed by atoms with E-state index in [1.54, 1.807) is 12.1 Å². The van der Waals surface area contributed by atoms with Crippen LogP contribution in [0.1, 0.15) is 10.6 Å². The molecule has 4 nitrogen and oxygen atoms in total. The number of rotatable bonds is 2. The van der Waals surface area contributed by atoms with Crippen LogP contribution in [0.3, 0.4) is 0 Å². The van der Waals surface area contributed by atoms with Gasteiger partial charge in [-0.15, -0.1) is 0 Å². The van der Waals surface area contributed by atoms with E-state index in [0.717, 1.165) is 5.39 Å². The van der Waals surface area contributed by atoms with Crippen molar-refractivity contribution in [3.63, 3.8) is 0 Å². The molecule has 0 aliphatic carbocycles. The molecule has 0 saturated heterocycles. The first-order valence-corrected chi connectivity index (χ1v) is 4.13. The molecule has 1 N–H and O–H groups in total. The summed E-state index contributed by atoms with van der Waals surface area (Å²) in [5, 5.41) is 0.897. The molecule has 0 unspecified atom stereocenters. The fraction of sp³-hybridized carbons (Fsp3) is 0.100. The van der Waals surface area contributed by atoms with Crippen LogP contribution >= 0.6 is 0 Å². The first kappa shape index (κ1) is 8.77. The lowest BCUT2D eigenvalue weighted by atomic mass is 10.2. The highest BCUT2D eigenvalue weighted by Crippen LogP contribution is 2.18. The fourth-order valence-electron chi connectivity index (χ4n) is 1.24. The van der Waals surface area contributed by atoms with E-state index in [1.165, 1.54) is 7.11 Å². The molecule has 0 aliphatic heterocycles. The minimum atomic E-state index is -0.385. The van der Waals surface area contributed by atoms with Gasteiger partial charge in [-0.1, -0.05) is 18.2 Å². The third kappa shape index (κ3) is 1.47. The molecule has 2 aromatic rings. The van der Waals surface area contributed by atoms with Crippen LogP contribution in [0.25, 0.3) is 11.0 Å². The molecule has 14 heavy (non-hydrogen) atoms. The smallest absolute Gasteiger partial charge is 0.310 e. The lowest BCUT2D eigenvalue weighted by molar-refractivity contribution is 0.0512. The second-order valence-electron chi connectivity index (χ2n) is 2.78. The molecule has 1 amide bonds. The first-order valence-electron chi connectivity index (χ1n) is 4.13. The summed E-state index contributed by atoms with van der Waals surface area (Å²) < 4.78 is 5.29. The van der Waals surface area contributed by atoms with Gasteiger partial charge in [-0.2, -0.15) is 0 Å². The van der Waals surface area contributed by atoms with Gasteiger partial charge in [0.2, 0.25) is 0 Å². The van der Waals surface area contributed by atoms with E-state index < -0.39 is 0 Å². The Labute approximate surface area is 80.4 Å². The zero-order chi connectivity index (χ0) is 9.97. The van der Waals surface area contributed by atoms with Gasteiger partial charge in [0, 0.05) is 5.39 Å². The number of carbonyl (C=O) groups excluding carboxylic acids is 1. The number of amides is 1. The quantitative estimate of drug-likeness (QED) is 0.735. The number of furan rings is 1. The van der Waals surface area contributed by atoms with E-state index in [2.05, 4.69) is 10.3 Å². The van der Waals surface area contributed by atoms with Gasteiger partial charge < -0.3 is 4.42 Å². The summed E-state index contributed by atoms with van der Waals surface area (Å²) in [6.45, 7) is 0. The molecule has 0 radical (unpaired) electrons. The van der Waals surface area contributed by atoms with Gasteiger partial charge in [-0.25, -0.2) is 5.48 Å². The Balaban J connectivity index is 2.40. The van der Waals surface area contributed by atoms with Crippen LogP contribution in [-0.4, -0.2) is 13.0 Å². The highest BCUT2D eigenvalue weighted by atomic mass is 16.6. The number of hydrogen-bond donors (Lipinski definition) is 1. The van der Waals surface area contributed by atoms with Gasteiger partial charge in [0.05, 0.1) is 7.11 Å². The zero-order valence-electron chi connectivity index (χ0n) is 7.61. The average Bonchev–Trinajstić information content (AvgIpc) is 2.61. The van der Waals surface area contributed by atoms with Crippen molar-refractivity contribution in [2.24, 2.45) is 0 Å². The van der Waals surface area contributed by atoms with Gasteiger partial charge in [0.15, 0.2) is 5.76 Å². The Morgan fingerprint density at radius 1 is 1.43 bits per heavy atom. The minimum Gasteiger partial charge on any atom is -0.451 e. The van der Waals surface area contributed by atoms with Gasteiger partial charge in [-0.3, -0.25) is 9.63 Å². The molecular formula is C10H9NO3. The van der Waals surface area contributed by atoms with E-state index in [1.807, 2.05) is 18.2 Å². The highest BCUT2D eigenvalue weighted by Gasteiger charge is 2.10. The third-order valence-corrected chi connectivity index (χ3v) is 1.84. The Kier molecular flexibility index (Phi) is 2.20. The van der Waals surface area contributed by atoms with Crippen LogP contribution in [-0.2, 0) is 4.84 Å². The average molecular weight is 191 g/mol. The highest BCUT2D eigenvalue weighted by molar-refractivity contribution is 5.95. The van der Waals surface area contributed by atoms with Crippen molar-refractivity contribution in [2.75, 3.05) is 7.11 Å². The standard InChI is InChI=1S/C10H9NO3/c1-13-11-10(12)9-6-7-4-2-3-5-8(7)14-9/h2-6H,1H3,(H,11,12). The lowest BCUT2D eigenvalue weighted by Crippen LogP contribution is -2.20. The Morgan fingerprint density at radius 3 is 2.93 bits per heavy atom. The molecule has 0 spiro atoms. The molecule has 0 atom stereocenters. The Hall–Kier alpha value is -1.81. The Bertz CT molecular complexity index is 428. The van der Waals surface area contributed by atoms with Crippen LogP contribution in [0.2, 0.25) is 0 Å². The number of benzene rings is 1. The van der Waals surface area contributed by atoms with Crippen LogP contribution in [0.15, 0.2) is 34.7 Å². The molecule has 1 heterocycles. The fourth-order valence-corrected chi connectivity index (χ4v) is 1.24. The van der Waals surface area contributed by atoms with E-state index >= 15 is 0 Å². The maximum Gasteiger partial charge on any atom is 0.310 e. The molecule has 2 rings (SSSR count). The van der Waals surface area contributed by atoms with E-state index in [0.29, 0.717) is 5.58 Å². The summed E-state index contributed by atoms with van der Waals surface area (Å²) in [7, 11) is 1.38. The maximum absolute atomic E-state index is 11.3. The molecule has 72 valence electrons. The maximum atomic E-state index is 11.3. The third-order valence-electron chi connectivity index (χ3n) is 1.84. The molecule has 1 aromatic carbocycles. The summed E-state index contributed by atoms with van der Waals surface area (Å²) in [4.78, 5) is 15.8. The molecule has 4 heteroatoms. The molecular weight excluding hydrogens is 182 g/mol. The number of fused-ring (bicyclic) bond motifs is 1. The number of para-hydroxylation sites is 1. The van der Waals surface area contributed by atoms with Gasteiger partial charge in [-0.05, 0) is 12.1 Å². The van der Waals surface area contributed by atoms with Crippen LogP contribution in [0.4, 0.5) is 0 Å². The van der Waals surface area contributed by atoms with Crippen molar-refractivity contribution in [1.82, 2.24) is 5.48 Å². The number of hydroxylamine groups is 1. The van der Waals surface area contributed by atoms with Gasteiger partial charge in [0.1, 0.15) is 5.58 Å². The van der Waals surface area contributed by atoms with Crippen LogP contribution < -0.4 is 5.48 Å². The van der Waals surface area contributed by atoms with E-state index in [4.69, 9.17) is 4.42 Å². The van der Waals surface area contributed by atoms with Crippen molar-refractivity contribution in [3.8, 4) is 0 Å². The predicted octanol–water partition coefficient (Wildman–Crippen LogP) is 1.72.